The molecular formula is C14H12ClNO3S2. The van der Waals surface area contributed by atoms with Crippen molar-refractivity contribution in [3.63, 3.8) is 0 Å². The predicted molar refractivity (Wildman–Crippen MR) is 84.4 cm³/mol. The van der Waals surface area contributed by atoms with Crippen LogP contribution in [0.3, 0.4) is 0 Å². The van der Waals surface area contributed by atoms with Crippen molar-refractivity contribution >= 4 is 33.0 Å². The second kappa shape index (κ2) is 6.96. The van der Waals surface area contributed by atoms with E-state index in [0.717, 1.165) is 11.3 Å². The number of para-hydroxylation sites is 1. The van der Waals surface area contributed by atoms with Crippen molar-refractivity contribution in [3.8, 4) is 17.6 Å². The van der Waals surface area contributed by atoms with Gasteiger partial charge in [-0.3, -0.25) is 0 Å². The number of rotatable bonds is 4. The summed E-state index contributed by atoms with van der Waals surface area (Å²) in [6.07, 6.45) is 0. The maximum absolute atomic E-state index is 11.9. The van der Waals surface area contributed by atoms with Crippen molar-refractivity contribution in [1.29, 1.82) is 0 Å². The van der Waals surface area contributed by atoms with Crippen molar-refractivity contribution in [1.82, 2.24) is 4.72 Å². The molecule has 7 heteroatoms. The van der Waals surface area contributed by atoms with Gasteiger partial charge in [0.05, 0.1) is 23.6 Å². The molecule has 0 radical (unpaired) electrons. The van der Waals surface area contributed by atoms with E-state index in [4.69, 9.17) is 16.3 Å². The van der Waals surface area contributed by atoms with Crippen LogP contribution >= 0.6 is 22.9 Å². The third-order valence-corrected chi connectivity index (χ3v) is 5.62. The molecule has 1 aromatic carbocycles. The summed E-state index contributed by atoms with van der Waals surface area (Å²) in [5, 5.41) is 0. The maximum atomic E-state index is 11.9. The van der Waals surface area contributed by atoms with Crippen LogP contribution in [0.15, 0.2) is 40.6 Å². The van der Waals surface area contributed by atoms with Gasteiger partial charge in [0.25, 0.3) is 10.0 Å². The van der Waals surface area contributed by atoms with Gasteiger partial charge in [0.1, 0.15) is 9.96 Å². The van der Waals surface area contributed by atoms with Crippen LogP contribution in [0, 0.1) is 11.8 Å². The monoisotopic (exact) mass is 341 g/mol. The van der Waals surface area contributed by atoms with Crippen LogP contribution in [0.2, 0.25) is 4.34 Å². The number of benzene rings is 1. The van der Waals surface area contributed by atoms with Crippen LogP contribution in [0.4, 0.5) is 0 Å². The van der Waals surface area contributed by atoms with E-state index >= 15 is 0 Å². The molecule has 2 aromatic rings. The molecule has 0 fully saturated rings. The number of methoxy groups -OCH3 is 1. The normalized spacial score (nSPS) is 10.8. The summed E-state index contributed by atoms with van der Waals surface area (Å²) in [7, 11) is -2.00. The third-order valence-electron chi connectivity index (χ3n) is 2.49. The van der Waals surface area contributed by atoms with Gasteiger partial charge in [-0.25, -0.2) is 8.42 Å². The lowest BCUT2D eigenvalue weighted by atomic mass is 10.2. The number of halogens is 1. The van der Waals surface area contributed by atoms with Crippen LogP contribution in [0.1, 0.15) is 5.56 Å². The van der Waals surface area contributed by atoms with E-state index in [0.29, 0.717) is 15.6 Å². The molecule has 110 valence electrons. The average molecular weight is 342 g/mol. The molecule has 0 unspecified atom stereocenters. The first kappa shape index (κ1) is 15.9. The fraction of sp³-hybridized carbons (Fsp3) is 0.143. The van der Waals surface area contributed by atoms with Crippen LogP contribution in [0.5, 0.6) is 5.75 Å². The van der Waals surface area contributed by atoms with Crippen LogP contribution in [-0.2, 0) is 10.0 Å². The number of hydrogen-bond acceptors (Lipinski definition) is 4. The van der Waals surface area contributed by atoms with E-state index in [9.17, 15) is 8.42 Å². The summed E-state index contributed by atoms with van der Waals surface area (Å²) < 4.78 is 32.0. The zero-order chi connectivity index (χ0) is 15.3. The van der Waals surface area contributed by atoms with E-state index in [2.05, 4.69) is 16.6 Å². The van der Waals surface area contributed by atoms with Gasteiger partial charge in [-0.05, 0) is 24.3 Å². The fourth-order valence-corrected chi connectivity index (χ4v) is 3.98. The largest absolute Gasteiger partial charge is 0.495 e. The molecule has 21 heavy (non-hydrogen) atoms. The van der Waals surface area contributed by atoms with Gasteiger partial charge < -0.3 is 4.74 Å². The first-order valence-corrected chi connectivity index (χ1v) is 8.57. The molecule has 0 aliphatic carbocycles. The summed E-state index contributed by atoms with van der Waals surface area (Å²) in [5.41, 5.74) is 0.707. The second-order valence-corrected chi connectivity index (χ2v) is 7.59. The van der Waals surface area contributed by atoms with Crippen molar-refractivity contribution in [3.05, 3.63) is 46.3 Å². The Bertz CT molecular complexity index is 788. The van der Waals surface area contributed by atoms with Gasteiger partial charge in [-0.1, -0.05) is 35.6 Å². The smallest absolute Gasteiger partial charge is 0.250 e. The minimum absolute atomic E-state index is 0.00982. The summed E-state index contributed by atoms with van der Waals surface area (Å²) in [6, 6.07) is 10.3. The molecule has 4 nitrogen and oxygen atoms in total. The van der Waals surface area contributed by atoms with Crippen molar-refractivity contribution in [2.24, 2.45) is 0 Å². The maximum Gasteiger partial charge on any atom is 0.250 e. The van der Waals surface area contributed by atoms with Crippen molar-refractivity contribution in [2.45, 2.75) is 4.21 Å². The van der Waals surface area contributed by atoms with E-state index in [1.165, 1.54) is 6.07 Å². The standard InChI is InChI=1S/C14H12ClNO3S2/c1-19-12-7-3-2-5-11(12)6-4-10-16-21(17,18)14-9-8-13(15)20-14/h2-3,5,7-9,16H,10H2,1H3. The molecule has 1 aromatic heterocycles. The average Bonchev–Trinajstić information content (AvgIpc) is 2.91. The van der Waals surface area contributed by atoms with Crippen LogP contribution in [0.25, 0.3) is 0 Å². The quantitative estimate of drug-likeness (QED) is 0.870. The highest BCUT2D eigenvalue weighted by atomic mass is 35.5. The Morgan fingerprint density at radius 2 is 2.05 bits per heavy atom. The molecule has 0 aliphatic heterocycles. The lowest BCUT2D eigenvalue weighted by molar-refractivity contribution is 0.413. The Balaban J connectivity index is 2.04. The zero-order valence-electron chi connectivity index (χ0n) is 11.1. The lowest BCUT2D eigenvalue weighted by Crippen LogP contribution is -2.23. The minimum atomic E-state index is -3.56. The van der Waals surface area contributed by atoms with Crippen molar-refractivity contribution in [2.75, 3.05) is 13.7 Å². The van der Waals surface area contributed by atoms with Gasteiger partial charge in [0.2, 0.25) is 0 Å². The molecule has 1 N–H and O–H groups in total. The van der Waals surface area contributed by atoms with Crippen LogP contribution < -0.4 is 9.46 Å². The molecular weight excluding hydrogens is 330 g/mol. The van der Waals surface area contributed by atoms with Crippen LogP contribution in [-0.4, -0.2) is 22.1 Å². The Kier molecular flexibility index (Phi) is 5.26. The molecule has 2 rings (SSSR count). The summed E-state index contributed by atoms with van der Waals surface area (Å²) in [4.78, 5) is 0. The molecule has 0 amide bonds. The minimum Gasteiger partial charge on any atom is -0.495 e. The first-order chi connectivity index (χ1) is 10.0. The molecule has 0 bridgehead atoms. The molecule has 0 saturated carbocycles. The second-order valence-electron chi connectivity index (χ2n) is 3.89. The van der Waals surface area contributed by atoms with Crippen molar-refractivity contribution < 1.29 is 13.2 Å². The van der Waals surface area contributed by atoms with E-state index in [-0.39, 0.29) is 10.8 Å². The molecule has 0 atom stereocenters. The van der Waals surface area contributed by atoms with Gasteiger partial charge in [0.15, 0.2) is 0 Å². The molecule has 0 spiro atoms. The predicted octanol–water partition coefficient (Wildman–Crippen LogP) is 2.74. The summed E-state index contributed by atoms with van der Waals surface area (Å²) >= 11 is 6.73. The van der Waals surface area contributed by atoms with Gasteiger partial charge in [-0.2, -0.15) is 4.72 Å². The van der Waals surface area contributed by atoms with Gasteiger partial charge in [-0.15, -0.1) is 11.3 Å². The number of nitrogens with one attached hydrogen (secondary N) is 1. The molecule has 0 aliphatic rings. The number of hydrogen-bond donors (Lipinski definition) is 1. The fourth-order valence-electron chi connectivity index (χ4n) is 1.53. The lowest BCUT2D eigenvalue weighted by Gasteiger charge is -2.01. The van der Waals surface area contributed by atoms with Gasteiger partial charge in [0, 0.05) is 0 Å². The summed E-state index contributed by atoms with van der Waals surface area (Å²) in [6.45, 7) is 0.00982. The van der Waals surface area contributed by atoms with Gasteiger partial charge >= 0.3 is 0 Å². The Labute approximate surface area is 132 Å². The highest BCUT2D eigenvalue weighted by Gasteiger charge is 2.15. The van der Waals surface area contributed by atoms with E-state index < -0.39 is 10.0 Å². The van der Waals surface area contributed by atoms with E-state index in [1.807, 2.05) is 12.1 Å². The Hall–Kier alpha value is -1.52. The highest BCUT2D eigenvalue weighted by Crippen LogP contribution is 2.25. The zero-order valence-corrected chi connectivity index (χ0v) is 13.5. The SMILES string of the molecule is COc1ccccc1C#CCNS(=O)(=O)c1ccc(Cl)s1. The number of sulfonamides is 1. The summed E-state index contributed by atoms with van der Waals surface area (Å²) in [5.74, 6) is 6.28. The Morgan fingerprint density at radius 3 is 2.71 bits per heavy atom. The topological polar surface area (TPSA) is 55.4 Å². The molecule has 0 saturated heterocycles. The first-order valence-electron chi connectivity index (χ1n) is 5.90. The highest BCUT2D eigenvalue weighted by molar-refractivity contribution is 7.91. The number of ether oxygens (including phenoxy) is 1. The number of thiophene rings is 1. The Morgan fingerprint density at radius 1 is 1.29 bits per heavy atom. The van der Waals surface area contributed by atoms with E-state index in [1.54, 1.807) is 25.3 Å². The third kappa shape index (κ3) is 4.22. The molecule has 1 heterocycles.